The number of nitrogens with zero attached hydrogens (tertiary/aromatic N) is 1. The predicted octanol–water partition coefficient (Wildman–Crippen LogP) is 2.32. The number of nitrogens with one attached hydrogen (secondary N) is 1. The summed E-state index contributed by atoms with van der Waals surface area (Å²) in [5, 5.41) is 4.51. The largest absolute Gasteiger partial charge is 0.368 e. The van der Waals surface area contributed by atoms with Crippen LogP contribution in [0.25, 0.3) is 0 Å². The van der Waals surface area contributed by atoms with Crippen LogP contribution in [0.3, 0.4) is 0 Å². The minimum absolute atomic E-state index is 0.176. The first kappa shape index (κ1) is 12.0. The average molecular weight is 240 g/mol. The normalized spacial score (nSPS) is 21.2. The van der Waals surface area contributed by atoms with Crippen molar-refractivity contribution in [3.8, 4) is 0 Å². The van der Waals surface area contributed by atoms with Crippen LogP contribution < -0.4 is 5.32 Å². The molecule has 3 nitrogen and oxygen atoms in total. The fourth-order valence-corrected chi connectivity index (χ4v) is 3.07. The van der Waals surface area contributed by atoms with Crippen LogP contribution in [0, 0.1) is 0 Å². The number of aryl methyl sites for hydroxylation is 2. The number of hydrogen-bond acceptors (Lipinski definition) is 4. The number of morpholine rings is 1. The van der Waals surface area contributed by atoms with Crippen LogP contribution in [0.1, 0.15) is 42.0 Å². The lowest BCUT2D eigenvalue weighted by molar-refractivity contribution is 0.0275. The summed E-state index contributed by atoms with van der Waals surface area (Å²) in [6.07, 6.45) is 3.53. The third-order valence-corrected chi connectivity index (χ3v) is 4.14. The molecule has 2 heterocycles. The van der Waals surface area contributed by atoms with E-state index in [0.717, 1.165) is 37.5 Å². The van der Waals surface area contributed by atoms with Gasteiger partial charge in [0, 0.05) is 18.0 Å². The van der Waals surface area contributed by atoms with Crippen LogP contribution in [0.2, 0.25) is 0 Å². The van der Waals surface area contributed by atoms with Gasteiger partial charge in [0.15, 0.2) is 0 Å². The lowest BCUT2D eigenvalue weighted by atomic mass is 10.2. The number of hydrogen-bond donors (Lipinski definition) is 1. The fraction of sp³-hybridized carbons (Fsp3) is 0.750. The zero-order chi connectivity index (χ0) is 11.4. The molecule has 90 valence electrons. The van der Waals surface area contributed by atoms with Gasteiger partial charge in [-0.3, -0.25) is 0 Å². The van der Waals surface area contributed by atoms with Crippen molar-refractivity contribution in [2.75, 3.05) is 19.7 Å². The number of aromatic nitrogens is 1. The number of thiazole rings is 1. The summed E-state index contributed by atoms with van der Waals surface area (Å²) in [5.74, 6) is 0. The van der Waals surface area contributed by atoms with Gasteiger partial charge in [-0.2, -0.15) is 0 Å². The van der Waals surface area contributed by atoms with Crippen LogP contribution in [0.4, 0.5) is 0 Å². The fourth-order valence-electron chi connectivity index (χ4n) is 1.97. The van der Waals surface area contributed by atoms with Crippen molar-refractivity contribution in [2.45, 2.75) is 39.2 Å². The zero-order valence-electron chi connectivity index (χ0n) is 10.1. The maximum absolute atomic E-state index is 5.74. The van der Waals surface area contributed by atoms with Gasteiger partial charge in [-0.25, -0.2) is 4.98 Å². The van der Waals surface area contributed by atoms with E-state index in [0.29, 0.717) is 0 Å². The van der Waals surface area contributed by atoms with E-state index in [-0.39, 0.29) is 6.10 Å². The molecule has 0 amide bonds. The lowest BCUT2D eigenvalue weighted by Gasteiger charge is -2.21. The van der Waals surface area contributed by atoms with Crippen molar-refractivity contribution in [3.63, 3.8) is 0 Å². The summed E-state index contributed by atoms with van der Waals surface area (Å²) in [4.78, 5) is 6.18. The van der Waals surface area contributed by atoms with Crippen LogP contribution in [0.15, 0.2) is 0 Å². The Bertz CT molecular complexity index is 332. The van der Waals surface area contributed by atoms with Gasteiger partial charge in [0.1, 0.15) is 11.1 Å². The molecule has 0 saturated carbocycles. The summed E-state index contributed by atoms with van der Waals surface area (Å²) in [7, 11) is 0. The summed E-state index contributed by atoms with van der Waals surface area (Å²) in [6.45, 7) is 7.08. The molecule has 0 spiro atoms. The molecular formula is C12H20N2OS. The highest BCUT2D eigenvalue weighted by atomic mass is 32.1. The first-order valence-electron chi connectivity index (χ1n) is 6.16. The molecule has 16 heavy (non-hydrogen) atoms. The Kier molecular flexibility index (Phi) is 4.32. The second-order valence-corrected chi connectivity index (χ2v) is 5.20. The molecule has 1 aromatic heterocycles. The molecular weight excluding hydrogens is 220 g/mol. The molecule has 4 heteroatoms. The van der Waals surface area contributed by atoms with Crippen LogP contribution in [-0.2, 0) is 17.6 Å². The SMILES string of the molecule is CCCc1nc(C2CNCCO2)sc1CC. The van der Waals surface area contributed by atoms with E-state index in [1.165, 1.54) is 17.0 Å². The molecule has 1 aliphatic heterocycles. The van der Waals surface area contributed by atoms with Crippen molar-refractivity contribution in [1.29, 1.82) is 0 Å². The second kappa shape index (κ2) is 5.75. The molecule has 0 aliphatic carbocycles. The maximum atomic E-state index is 5.74. The van der Waals surface area contributed by atoms with Crippen LogP contribution in [-0.4, -0.2) is 24.7 Å². The van der Waals surface area contributed by atoms with Crippen LogP contribution in [0.5, 0.6) is 0 Å². The van der Waals surface area contributed by atoms with E-state index in [1.54, 1.807) is 0 Å². The van der Waals surface area contributed by atoms with Crippen LogP contribution >= 0.6 is 11.3 Å². The maximum Gasteiger partial charge on any atom is 0.123 e. The van der Waals surface area contributed by atoms with Gasteiger partial charge in [0.25, 0.3) is 0 Å². The highest BCUT2D eigenvalue weighted by molar-refractivity contribution is 7.11. The first-order chi connectivity index (χ1) is 7.85. The summed E-state index contributed by atoms with van der Waals surface area (Å²) in [6, 6.07) is 0. The summed E-state index contributed by atoms with van der Waals surface area (Å²) >= 11 is 1.83. The van der Waals surface area contributed by atoms with Gasteiger partial charge in [-0.15, -0.1) is 11.3 Å². The van der Waals surface area contributed by atoms with E-state index >= 15 is 0 Å². The summed E-state index contributed by atoms with van der Waals surface area (Å²) in [5.41, 5.74) is 1.29. The minimum atomic E-state index is 0.176. The molecule has 1 aliphatic rings. The van der Waals surface area contributed by atoms with Gasteiger partial charge in [-0.05, 0) is 12.8 Å². The Morgan fingerprint density at radius 3 is 3.00 bits per heavy atom. The van der Waals surface area contributed by atoms with Gasteiger partial charge >= 0.3 is 0 Å². The van der Waals surface area contributed by atoms with Crippen molar-refractivity contribution < 1.29 is 4.74 Å². The van der Waals surface area contributed by atoms with E-state index in [2.05, 4.69) is 19.2 Å². The first-order valence-corrected chi connectivity index (χ1v) is 6.97. The van der Waals surface area contributed by atoms with E-state index < -0.39 is 0 Å². The van der Waals surface area contributed by atoms with Crippen molar-refractivity contribution in [3.05, 3.63) is 15.6 Å². The monoisotopic (exact) mass is 240 g/mol. The van der Waals surface area contributed by atoms with E-state index in [4.69, 9.17) is 9.72 Å². The average Bonchev–Trinajstić information content (AvgIpc) is 2.74. The van der Waals surface area contributed by atoms with E-state index in [9.17, 15) is 0 Å². The Morgan fingerprint density at radius 1 is 1.50 bits per heavy atom. The molecule has 2 rings (SSSR count). The molecule has 1 saturated heterocycles. The van der Waals surface area contributed by atoms with Crippen molar-refractivity contribution in [2.24, 2.45) is 0 Å². The van der Waals surface area contributed by atoms with E-state index in [1.807, 2.05) is 11.3 Å². The van der Waals surface area contributed by atoms with Gasteiger partial charge in [0.05, 0.1) is 12.3 Å². The highest BCUT2D eigenvalue weighted by Gasteiger charge is 2.20. The van der Waals surface area contributed by atoms with Gasteiger partial charge in [-0.1, -0.05) is 20.3 Å². The molecule has 1 N–H and O–H groups in total. The molecule has 1 unspecified atom stereocenters. The highest BCUT2D eigenvalue weighted by Crippen LogP contribution is 2.28. The summed E-state index contributed by atoms with van der Waals surface area (Å²) < 4.78 is 5.74. The van der Waals surface area contributed by atoms with Gasteiger partial charge < -0.3 is 10.1 Å². The Balaban J connectivity index is 2.14. The molecule has 0 radical (unpaired) electrons. The zero-order valence-corrected chi connectivity index (χ0v) is 10.9. The Morgan fingerprint density at radius 2 is 2.38 bits per heavy atom. The third-order valence-electron chi connectivity index (χ3n) is 2.81. The minimum Gasteiger partial charge on any atom is -0.368 e. The predicted molar refractivity (Wildman–Crippen MR) is 67.0 cm³/mol. The lowest BCUT2D eigenvalue weighted by Crippen LogP contribution is -2.33. The number of ether oxygens (including phenoxy) is 1. The smallest absolute Gasteiger partial charge is 0.123 e. The Labute approximate surface area is 101 Å². The molecule has 0 aromatic carbocycles. The quantitative estimate of drug-likeness (QED) is 0.877. The topological polar surface area (TPSA) is 34.2 Å². The van der Waals surface area contributed by atoms with Crippen molar-refractivity contribution >= 4 is 11.3 Å². The molecule has 1 atom stereocenters. The standard InChI is InChI=1S/C12H20N2OS/c1-3-5-9-11(4-2)16-12(14-9)10-8-13-6-7-15-10/h10,13H,3-8H2,1-2H3. The molecule has 1 aromatic rings. The van der Waals surface area contributed by atoms with Crippen molar-refractivity contribution in [1.82, 2.24) is 10.3 Å². The number of rotatable bonds is 4. The molecule has 1 fully saturated rings. The third kappa shape index (κ3) is 2.62. The Hall–Kier alpha value is -0.450. The molecule has 0 bridgehead atoms. The second-order valence-electron chi connectivity index (χ2n) is 4.09. The van der Waals surface area contributed by atoms with Gasteiger partial charge in [0.2, 0.25) is 0 Å².